The van der Waals surface area contributed by atoms with E-state index in [1.807, 2.05) is 0 Å². The molecule has 3 heterocycles. The first-order valence-corrected chi connectivity index (χ1v) is 8.27. The van der Waals surface area contributed by atoms with Gasteiger partial charge in [0.25, 0.3) is 5.56 Å². The van der Waals surface area contributed by atoms with Crippen molar-refractivity contribution in [3.8, 4) is 11.4 Å². The number of hydrogen-bond acceptors (Lipinski definition) is 5. The second kappa shape index (κ2) is 6.30. The number of cyclic esters (lactones) is 1. The molecule has 1 aliphatic heterocycles. The molecule has 4 rings (SSSR count). The maximum Gasteiger partial charge on any atom is 0.349 e. The predicted molar refractivity (Wildman–Crippen MR) is 98.4 cm³/mol. The largest absolute Gasteiger partial charge is 0.508 e. The van der Waals surface area contributed by atoms with E-state index < -0.39 is 11.5 Å². The number of phenols is 1. The van der Waals surface area contributed by atoms with Gasteiger partial charge >= 0.3 is 5.97 Å². The van der Waals surface area contributed by atoms with Crippen LogP contribution in [0.5, 0.6) is 5.75 Å². The van der Waals surface area contributed by atoms with Gasteiger partial charge in [0.15, 0.2) is 0 Å². The number of nitrogens with one attached hydrogen (secondary N) is 1. The monoisotopic (exact) mass is 364 g/mol. The summed E-state index contributed by atoms with van der Waals surface area (Å²) in [6.07, 6.45) is 1.65. The molecule has 0 saturated carbocycles. The highest BCUT2D eigenvalue weighted by Gasteiger charge is 2.30. The number of ether oxygens (including phenoxy) is 1. The van der Waals surface area contributed by atoms with Gasteiger partial charge in [-0.25, -0.2) is 4.79 Å². The van der Waals surface area contributed by atoms with Gasteiger partial charge in [0.2, 0.25) is 0 Å². The summed E-state index contributed by atoms with van der Waals surface area (Å²) in [5, 5.41) is 19.2. The van der Waals surface area contributed by atoms with Gasteiger partial charge in [-0.05, 0) is 49.4 Å². The average molecular weight is 364 g/mol. The summed E-state index contributed by atoms with van der Waals surface area (Å²) in [7, 11) is 0. The molecule has 1 aromatic carbocycles. The Kier molecular flexibility index (Phi) is 3.93. The number of pyridine rings is 1. The lowest BCUT2D eigenvalue weighted by atomic mass is 10.1. The Morgan fingerprint density at radius 2 is 1.89 bits per heavy atom. The minimum atomic E-state index is -0.692. The Bertz CT molecular complexity index is 1140. The fraction of sp³-hybridized carbons (Fsp3) is 0.100. The molecule has 2 aromatic heterocycles. The third-order valence-electron chi connectivity index (χ3n) is 4.38. The third-order valence-corrected chi connectivity index (χ3v) is 4.38. The van der Waals surface area contributed by atoms with Crippen molar-refractivity contribution in [2.24, 2.45) is 0 Å². The summed E-state index contributed by atoms with van der Waals surface area (Å²) in [5.74, 6) is -0.292. The molecule has 0 atom stereocenters. The topological polar surface area (TPSA) is 105 Å². The van der Waals surface area contributed by atoms with Gasteiger partial charge in [-0.2, -0.15) is 0 Å². The molecule has 0 aliphatic carbocycles. The van der Waals surface area contributed by atoms with E-state index in [2.05, 4.69) is 4.98 Å². The molecule has 7 heteroatoms. The Hall–Kier alpha value is -3.58. The summed E-state index contributed by atoms with van der Waals surface area (Å²) in [4.78, 5) is 26.8. The molecule has 136 valence electrons. The zero-order valence-electron chi connectivity index (χ0n) is 14.4. The normalized spacial score (nSPS) is 14.4. The van der Waals surface area contributed by atoms with Gasteiger partial charge in [0.1, 0.15) is 17.1 Å². The number of esters is 1. The first-order valence-electron chi connectivity index (χ1n) is 8.27. The highest BCUT2D eigenvalue weighted by molar-refractivity contribution is 6.05. The van der Waals surface area contributed by atoms with Crippen LogP contribution in [0.4, 0.5) is 0 Å². The lowest BCUT2D eigenvalue weighted by Crippen LogP contribution is -2.16. The molecule has 3 N–H and O–H groups in total. The highest BCUT2D eigenvalue weighted by Crippen LogP contribution is 2.31. The number of rotatable bonds is 3. The van der Waals surface area contributed by atoms with Crippen LogP contribution in [0, 0.1) is 6.92 Å². The second-order valence-electron chi connectivity index (χ2n) is 6.23. The van der Waals surface area contributed by atoms with Crippen molar-refractivity contribution in [2.45, 2.75) is 13.5 Å². The number of fused-ring (bicyclic) bond motifs is 1. The van der Waals surface area contributed by atoms with Crippen LogP contribution in [0.2, 0.25) is 0 Å². The quantitative estimate of drug-likeness (QED) is 0.619. The molecule has 0 radical (unpaired) electrons. The van der Waals surface area contributed by atoms with Crippen molar-refractivity contribution in [1.82, 2.24) is 9.55 Å². The summed E-state index contributed by atoms with van der Waals surface area (Å²) in [6.45, 7) is 1.53. The molecule has 0 fully saturated rings. The molecule has 0 saturated heterocycles. The SMILES string of the molecule is Cc1cc2c(c(=O)[nH]1)C(=O)O/C2=C\c1ccc(CO)n1-c1ccc(O)cc1. The van der Waals surface area contributed by atoms with Crippen LogP contribution >= 0.6 is 0 Å². The molecule has 0 spiro atoms. The van der Waals surface area contributed by atoms with E-state index in [-0.39, 0.29) is 23.7 Å². The minimum absolute atomic E-state index is 0.0167. The number of phenolic OH excluding ortho intramolecular Hbond substituents is 1. The van der Waals surface area contributed by atoms with Crippen molar-refractivity contribution in [3.05, 3.63) is 81.0 Å². The van der Waals surface area contributed by atoms with Gasteiger partial charge in [0, 0.05) is 34.4 Å². The van der Waals surface area contributed by atoms with Gasteiger partial charge < -0.3 is 24.5 Å². The first kappa shape index (κ1) is 16.9. The maximum atomic E-state index is 12.1. The summed E-state index contributed by atoms with van der Waals surface area (Å²) in [6, 6.07) is 11.7. The van der Waals surface area contributed by atoms with E-state index >= 15 is 0 Å². The fourth-order valence-corrected chi connectivity index (χ4v) is 3.18. The molecule has 0 amide bonds. The van der Waals surface area contributed by atoms with Crippen molar-refractivity contribution < 1.29 is 19.7 Å². The molecule has 7 nitrogen and oxygen atoms in total. The number of aromatic hydroxyl groups is 1. The lowest BCUT2D eigenvalue weighted by Gasteiger charge is -2.11. The summed E-state index contributed by atoms with van der Waals surface area (Å²) < 4.78 is 7.09. The number of aliphatic hydroxyl groups excluding tert-OH is 1. The first-order chi connectivity index (χ1) is 13.0. The molecule has 0 unspecified atom stereocenters. The maximum absolute atomic E-state index is 12.1. The Morgan fingerprint density at radius 1 is 1.15 bits per heavy atom. The number of benzene rings is 1. The number of nitrogens with zero attached hydrogens (tertiary/aromatic N) is 1. The number of aliphatic hydroxyl groups is 1. The van der Waals surface area contributed by atoms with Gasteiger partial charge in [-0.1, -0.05) is 0 Å². The van der Waals surface area contributed by atoms with Crippen molar-refractivity contribution >= 4 is 17.8 Å². The Balaban J connectivity index is 1.88. The average Bonchev–Trinajstić information content (AvgIpc) is 3.17. The van der Waals surface area contributed by atoms with Gasteiger partial charge in [-0.15, -0.1) is 0 Å². The molecular weight excluding hydrogens is 348 g/mol. The Morgan fingerprint density at radius 3 is 2.59 bits per heavy atom. The van der Waals surface area contributed by atoms with Crippen LogP contribution < -0.4 is 5.56 Å². The van der Waals surface area contributed by atoms with E-state index in [4.69, 9.17) is 4.74 Å². The van der Waals surface area contributed by atoms with Crippen molar-refractivity contribution in [1.29, 1.82) is 0 Å². The summed E-state index contributed by atoms with van der Waals surface area (Å²) >= 11 is 0. The number of H-pyrrole nitrogens is 1. The van der Waals surface area contributed by atoms with Gasteiger partial charge in [0.05, 0.1) is 6.61 Å². The highest BCUT2D eigenvalue weighted by atomic mass is 16.5. The van der Waals surface area contributed by atoms with Crippen LogP contribution in [0.25, 0.3) is 17.5 Å². The van der Waals surface area contributed by atoms with E-state index in [1.165, 1.54) is 0 Å². The zero-order chi connectivity index (χ0) is 19.1. The van der Waals surface area contributed by atoms with E-state index in [9.17, 15) is 19.8 Å². The van der Waals surface area contributed by atoms with Crippen molar-refractivity contribution in [3.63, 3.8) is 0 Å². The number of aromatic amines is 1. The number of carbonyl (C=O) groups excluding carboxylic acids is 1. The van der Waals surface area contributed by atoms with Crippen molar-refractivity contribution in [2.75, 3.05) is 0 Å². The van der Waals surface area contributed by atoms with Crippen LogP contribution in [0.15, 0.2) is 47.3 Å². The number of aryl methyl sites for hydroxylation is 1. The molecule has 0 bridgehead atoms. The van der Waals surface area contributed by atoms with Crippen LogP contribution in [0.3, 0.4) is 0 Å². The van der Waals surface area contributed by atoms with Crippen LogP contribution in [-0.2, 0) is 11.3 Å². The van der Waals surface area contributed by atoms with E-state index in [1.54, 1.807) is 60.0 Å². The van der Waals surface area contributed by atoms with E-state index in [0.29, 0.717) is 22.6 Å². The molecular formula is C20H16N2O5. The fourth-order valence-electron chi connectivity index (χ4n) is 3.18. The van der Waals surface area contributed by atoms with Crippen LogP contribution in [-0.4, -0.2) is 25.7 Å². The lowest BCUT2D eigenvalue weighted by molar-refractivity contribution is 0.0715. The minimum Gasteiger partial charge on any atom is -0.508 e. The standard InChI is InChI=1S/C20H16N2O5/c1-11-8-16-17(27-20(26)18(16)19(25)21-11)9-13-2-3-14(10-23)22(13)12-4-6-15(24)7-5-12/h2-9,23-24H,10H2,1H3,(H,21,25)/b17-9-. The van der Waals surface area contributed by atoms with E-state index in [0.717, 1.165) is 5.69 Å². The molecule has 27 heavy (non-hydrogen) atoms. The zero-order valence-corrected chi connectivity index (χ0v) is 14.4. The smallest absolute Gasteiger partial charge is 0.349 e. The summed E-state index contributed by atoms with van der Waals surface area (Å²) in [5.41, 5.74) is 2.55. The Labute approximate surface area is 153 Å². The second-order valence-corrected chi connectivity index (χ2v) is 6.23. The molecule has 1 aliphatic rings. The molecule has 3 aromatic rings. The third kappa shape index (κ3) is 2.84. The number of aromatic nitrogens is 2. The van der Waals surface area contributed by atoms with Gasteiger partial charge in [-0.3, -0.25) is 4.79 Å². The number of carbonyl (C=O) groups is 1. The predicted octanol–water partition coefficient (Wildman–Crippen LogP) is 2.34. The number of hydrogen-bond donors (Lipinski definition) is 3. The van der Waals surface area contributed by atoms with Crippen LogP contribution in [0.1, 0.15) is 33.0 Å².